The van der Waals surface area contributed by atoms with Crippen LogP contribution < -0.4 is 0 Å². The van der Waals surface area contributed by atoms with Gasteiger partial charge in [0.1, 0.15) is 0 Å². The van der Waals surface area contributed by atoms with Gasteiger partial charge in [-0.2, -0.15) is 0 Å². The Balaban J connectivity index is 2.49. The van der Waals surface area contributed by atoms with Gasteiger partial charge in [0.2, 0.25) is 0 Å². The first-order valence-corrected chi connectivity index (χ1v) is 7.61. The quantitative estimate of drug-likeness (QED) is 0.633. The van der Waals surface area contributed by atoms with Crippen molar-refractivity contribution in [3.8, 4) is 0 Å². The molecule has 3 nitrogen and oxygen atoms in total. The summed E-state index contributed by atoms with van der Waals surface area (Å²) in [7, 11) is 0. The molecule has 1 aromatic carbocycles. The first kappa shape index (κ1) is 16.7. The van der Waals surface area contributed by atoms with E-state index in [1.165, 1.54) is 25.7 Å². The summed E-state index contributed by atoms with van der Waals surface area (Å²) in [6.45, 7) is 2.14. The van der Waals surface area contributed by atoms with Crippen LogP contribution in [0.5, 0.6) is 0 Å². The summed E-state index contributed by atoms with van der Waals surface area (Å²) in [4.78, 5) is 11.4. The number of aliphatic carboxylic acids is 1. The van der Waals surface area contributed by atoms with Gasteiger partial charge in [-0.25, -0.2) is 0 Å². The van der Waals surface area contributed by atoms with Gasteiger partial charge in [0.25, 0.3) is 0 Å². The molecule has 0 radical (unpaired) electrons. The van der Waals surface area contributed by atoms with Crippen LogP contribution >= 0.6 is 0 Å². The summed E-state index contributed by atoms with van der Waals surface area (Å²) in [5.41, 5.74) is 1.58. The molecule has 0 fully saturated rings. The average molecular weight is 278 g/mol. The maximum Gasteiger partial charge on any atom is 0.310 e. The molecule has 20 heavy (non-hydrogen) atoms. The van der Waals surface area contributed by atoms with E-state index in [4.69, 9.17) is 5.11 Å². The van der Waals surface area contributed by atoms with Crippen molar-refractivity contribution in [2.45, 2.75) is 64.4 Å². The van der Waals surface area contributed by atoms with E-state index >= 15 is 0 Å². The minimum Gasteiger partial charge on any atom is -0.481 e. The van der Waals surface area contributed by atoms with Gasteiger partial charge in [-0.05, 0) is 17.5 Å². The molecule has 0 spiro atoms. The van der Waals surface area contributed by atoms with Crippen molar-refractivity contribution < 1.29 is 15.0 Å². The van der Waals surface area contributed by atoms with Gasteiger partial charge in [0, 0.05) is 0 Å². The molecule has 0 amide bonds. The Labute approximate surface area is 121 Å². The molecule has 0 aliphatic carbocycles. The minimum atomic E-state index is -0.770. The highest BCUT2D eigenvalue weighted by Crippen LogP contribution is 2.24. The van der Waals surface area contributed by atoms with Crippen molar-refractivity contribution >= 4 is 5.97 Å². The van der Waals surface area contributed by atoms with E-state index in [9.17, 15) is 9.90 Å². The zero-order valence-corrected chi connectivity index (χ0v) is 12.3. The Morgan fingerprint density at radius 2 is 1.85 bits per heavy atom. The molecule has 0 saturated carbocycles. The van der Waals surface area contributed by atoms with Crippen molar-refractivity contribution in [1.82, 2.24) is 0 Å². The van der Waals surface area contributed by atoms with Crippen LogP contribution in [0.1, 0.15) is 68.9 Å². The van der Waals surface area contributed by atoms with E-state index in [1.807, 2.05) is 18.2 Å². The van der Waals surface area contributed by atoms with Crippen LogP contribution in [0.3, 0.4) is 0 Å². The molecule has 1 unspecified atom stereocenters. The van der Waals surface area contributed by atoms with Gasteiger partial charge in [0.15, 0.2) is 0 Å². The maximum atomic E-state index is 11.4. The number of benzene rings is 1. The second kappa shape index (κ2) is 9.54. The van der Waals surface area contributed by atoms with Crippen LogP contribution in [-0.4, -0.2) is 16.2 Å². The third kappa shape index (κ3) is 5.74. The molecule has 112 valence electrons. The van der Waals surface area contributed by atoms with Crippen molar-refractivity contribution in [3.05, 3.63) is 35.4 Å². The molecule has 1 aromatic rings. The number of rotatable bonds is 10. The molecule has 0 aliphatic heterocycles. The van der Waals surface area contributed by atoms with E-state index in [1.54, 1.807) is 6.07 Å². The number of hydrogen-bond acceptors (Lipinski definition) is 2. The highest BCUT2D eigenvalue weighted by atomic mass is 16.4. The van der Waals surface area contributed by atoms with E-state index in [2.05, 4.69) is 6.92 Å². The van der Waals surface area contributed by atoms with Gasteiger partial charge >= 0.3 is 5.97 Å². The first-order valence-electron chi connectivity index (χ1n) is 7.61. The molecule has 0 aliphatic rings. The third-order valence-electron chi connectivity index (χ3n) is 3.68. The lowest BCUT2D eigenvalue weighted by atomic mass is 9.92. The highest BCUT2D eigenvalue weighted by Gasteiger charge is 2.19. The first-order chi connectivity index (χ1) is 9.69. The number of hydrogen-bond donors (Lipinski definition) is 2. The smallest absolute Gasteiger partial charge is 0.310 e. The Kier molecular flexibility index (Phi) is 7.97. The van der Waals surface area contributed by atoms with Crippen LogP contribution in [0, 0.1) is 0 Å². The molecule has 2 N–H and O–H groups in total. The van der Waals surface area contributed by atoms with Crippen LogP contribution in [0.15, 0.2) is 24.3 Å². The molecular weight excluding hydrogens is 252 g/mol. The van der Waals surface area contributed by atoms with E-state index in [-0.39, 0.29) is 6.61 Å². The Morgan fingerprint density at radius 1 is 1.15 bits per heavy atom. The Morgan fingerprint density at radius 3 is 2.50 bits per heavy atom. The summed E-state index contributed by atoms with van der Waals surface area (Å²) < 4.78 is 0. The highest BCUT2D eigenvalue weighted by molar-refractivity contribution is 5.76. The van der Waals surface area contributed by atoms with Crippen LogP contribution in [0.25, 0.3) is 0 Å². The molecule has 1 atom stereocenters. The number of carbonyl (C=O) groups is 1. The summed E-state index contributed by atoms with van der Waals surface area (Å²) in [5, 5.41) is 18.5. The number of carboxylic acid groups (broad SMARTS) is 1. The normalized spacial score (nSPS) is 12.3. The van der Waals surface area contributed by atoms with Crippen molar-refractivity contribution in [2.24, 2.45) is 0 Å². The van der Waals surface area contributed by atoms with Crippen LogP contribution in [0.2, 0.25) is 0 Å². The van der Waals surface area contributed by atoms with E-state index < -0.39 is 11.9 Å². The van der Waals surface area contributed by atoms with E-state index in [0.29, 0.717) is 6.42 Å². The lowest BCUT2D eigenvalue weighted by Crippen LogP contribution is -2.12. The lowest BCUT2D eigenvalue weighted by molar-refractivity contribution is -0.139. The van der Waals surface area contributed by atoms with Gasteiger partial charge in [0.05, 0.1) is 12.5 Å². The molecule has 0 aromatic heterocycles. The van der Waals surface area contributed by atoms with Crippen molar-refractivity contribution in [1.29, 1.82) is 0 Å². The third-order valence-corrected chi connectivity index (χ3v) is 3.68. The van der Waals surface area contributed by atoms with E-state index in [0.717, 1.165) is 24.0 Å². The predicted molar refractivity (Wildman–Crippen MR) is 80.7 cm³/mol. The Hall–Kier alpha value is -1.35. The summed E-state index contributed by atoms with van der Waals surface area (Å²) in [5.74, 6) is -1.22. The van der Waals surface area contributed by atoms with Crippen LogP contribution in [0.4, 0.5) is 0 Å². The maximum absolute atomic E-state index is 11.4. The number of aliphatic hydroxyl groups excluding tert-OH is 1. The fraction of sp³-hybridized carbons (Fsp3) is 0.588. The zero-order valence-electron chi connectivity index (χ0n) is 12.3. The Bertz CT molecular complexity index is 401. The molecule has 0 saturated heterocycles. The standard InChI is InChI=1S/C17H26O3/c1-2-3-4-5-6-7-11-16(17(19)20)15-10-8-9-14(12-15)13-18/h8-10,12,16,18H,2-7,11,13H2,1H3,(H,19,20). The van der Waals surface area contributed by atoms with Crippen molar-refractivity contribution in [2.75, 3.05) is 0 Å². The van der Waals surface area contributed by atoms with Gasteiger partial charge in [-0.1, -0.05) is 69.7 Å². The molecule has 0 heterocycles. The predicted octanol–water partition coefficient (Wildman–Crippen LogP) is 4.10. The fourth-order valence-electron chi connectivity index (χ4n) is 2.47. The second-order valence-corrected chi connectivity index (χ2v) is 5.35. The van der Waals surface area contributed by atoms with Gasteiger partial charge < -0.3 is 10.2 Å². The number of carboxylic acids is 1. The van der Waals surface area contributed by atoms with Crippen molar-refractivity contribution in [3.63, 3.8) is 0 Å². The topological polar surface area (TPSA) is 57.5 Å². The molecule has 0 bridgehead atoms. The molecule has 1 rings (SSSR count). The molecule has 3 heteroatoms. The van der Waals surface area contributed by atoms with Crippen LogP contribution in [-0.2, 0) is 11.4 Å². The van der Waals surface area contributed by atoms with Gasteiger partial charge in [-0.15, -0.1) is 0 Å². The monoisotopic (exact) mass is 278 g/mol. The molecular formula is C17H26O3. The summed E-state index contributed by atoms with van der Waals surface area (Å²) >= 11 is 0. The minimum absolute atomic E-state index is 0.0444. The van der Waals surface area contributed by atoms with Gasteiger partial charge in [-0.3, -0.25) is 4.79 Å². The zero-order chi connectivity index (χ0) is 14.8. The largest absolute Gasteiger partial charge is 0.481 e. The average Bonchev–Trinajstić information content (AvgIpc) is 2.46. The summed E-state index contributed by atoms with van der Waals surface area (Å²) in [6, 6.07) is 7.27. The number of unbranched alkanes of at least 4 members (excludes halogenated alkanes) is 5. The SMILES string of the molecule is CCCCCCCCC(C(=O)O)c1cccc(CO)c1. The fourth-order valence-corrected chi connectivity index (χ4v) is 2.47. The lowest BCUT2D eigenvalue weighted by Gasteiger charge is -2.13. The number of aliphatic hydroxyl groups is 1. The summed E-state index contributed by atoms with van der Waals surface area (Å²) in [6.07, 6.45) is 7.65. The second-order valence-electron chi connectivity index (χ2n) is 5.35.